The molecule has 0 saturated heterocycles. The maximum atomic E-state index is 11.5. The molecule has 4 heteroatoms. The molecular formula is C17H16O2S2. The first-order chi connectivity index (χ1) is 10.2. The van der Waals surface area contributed by atoms with Crippen LogP contribution >= 0.6 is 23.5 Å². The highest BCUT2D eigenvalue weighted by molar-refractivity contribution is 7.99. The minimum Gasteiger partial charge on any atom is -0.457 e. The van der Waals surface area contributed by atoms with Crippen LogP contribution in [0.4, 0.5) is 0 Å². The van der Waals surface area contributed by atoms with Crippen LogP contribution in [-0.4, -0.2) is 12.2 Å². The second-order valence-corrected chi connectivity index (χ2v) is 6.88. The zero-order chi connectivity index (χ0) is 14.8. The molecule has 1 heterocycles. The summed E-state index contributed by atoms with van der Waals surface area (Å²) < 4.78 is 5.59. The van der Waals surface area contributed by atoms with Gasteiger partial charge < -0.3 is 4.74 Å². The van der Waals surface area contributed by atoms with Gasteiger partial charge in [0.2, 0.25) is 0 Å². The molecule has 21 heavy (non-hydrogen) atoms. The Hall–Kier alpha value is -1.39. The van der Waals surface area contributed by atoms with Crippen molar-refractivity contribution < 1.29 is 9.53 Å². The fourth-order valence-corrected chi connectivity index (χ4v) is 4.06. The van der Waals surface area contributed by atoms with Crippen LogP contribution in [0.3, 0.4) is 0 Å². The van der Waals surface area contributed by atoms with E-state index < -0.39 is 0 Å². The third-order valence-electron chi connectivity index (χ3n) is 3.47. The lowest BCUT2D eigenvalue weighted by Gasteiger charge is -2.18. The van der Waals surface area contributed by atoms with Crippen molar-refractivity contribution in [2.75, 3.05) is 6.26 Å². The molecule has 0 radical (unpaired) electrons. The van der Waals surface area contributed by atoms with E-state index in [-0.39, 0.29) is 12.1 Å². The maximum Gasteiger partial charge on any atom is 0.303 e. The summed E-state index contributed by atoms with van der Waals surface area (Å²) in [5, 5.41) is 0. The van der Waals surface area contributed by atoms with E-state index >= 15 is 0 Å². The Morgan fingerprint density at radius 2 is 2.05 bits per heavy atom. The Balaban J connectivity index is 2.09. The van der Waals surface area contributed by atoms with Crippen molar-refractivity contribution in [3.63, 3.8) is 0 Å². The molecular weight excluding hydrogens is 300 g/mol. The number of hydrogen-bond donors (Lipinski definition) is 0. The fourth-order valence-electron chi connectivity index (χ4n) is 2.50. The molecule has 1 atom stereocenters. The lowest BCUT2D eigenvalue weighted by Crippen LogP contribution is -2.11. The SMILES string of the molecule is CSc1ccc2c(c1)C(OC(C)=O)Cc1ccccc1S2. The van der Waals surface area contributed by atoms with Crippen molar-refractivity contribution in [2.45, 2.75) is 34.1 Å². The molecule has 0 spiro atoms. The van der Waals surface area contributed by atoms with Gasteiger partial charge in [-0.05, 0) is 36.1 Å². The number of rotatable bonds is 2. The molecule has 0 N–H and O–H groups in total. The summed E-state index contributed by atoms with van der Waals surface area (Å²) in [7, 11) is 0. The molecule has 1 aliphatic rings. The quantitative estimate of drug-likeness (QED) is 0.591. The van der Waals surface area contributed by atoms with Gasteiger partial charge in [0.05, 0.1) is 0 Å². The summed E-state index contributed by atoms with van der Waals surface area (Å²) in [5.41, 5.74) is 2.34. The standard InChI is InChI=1S/C17H16O2S2/c1-11(18)19-15-9-12-5-3-4-6-16(12)21-17-8-7-13(20-2)10-14(15)17/h3-8,10,15H,9H2,1-2H3. The Kier molecular flexibility index (Phi) is 4.27. The van der Waals surface area contributed by atoms with Gasteiger partial charge in [-0.25, -0.2) is 0 Å². The molecule has 1 unspecified atom stereocenters. The minimum atomic E-state index is -0.232. The van der Waals surface area contributed by atoms with E-state index in [1.165, 1.54) is 27.2 Å². The zero-order valence-electron chi connectivity index (χ0n) is 12.0. The minimum absolute atomic E-state index is 0.208. The van der Waals surface area contributed by atoms with Crippen molar-refractivity contribution in [3.8, 4) is 0 Å². The summed E-state index contributed by atoms with van der Waals surface area (Å²) in [6.45, 7) is 1.47. The smallest absolute Gasteiger partial charge is 0.303 e. The summed E-state index contributed by atoms with van der Waals surface area (Å²) in [6.07, 6.45) is 2.58. The van der Waals surface area contributed by atoms with Gasteiger partial charge in [0.1, 0.15) is 6.10 Å². The lowest BCUT2D eigenvalue weighted by molar-refractivity contribution is -0.146. The number of carbonyl (C=O) groups is 1. The highest BCUT2D eigenvalue weighted by Gasteiger charge is 2.25. The van der Waals surface area contributed by atoms with Crippen LogP contribution in [0.5, 0.6) is 0 Å². The number of benzene rings is 2. The maximum absolute atomic E-state index is 11.5. The van der Waals surface area contributed by atoms with Crippen molar-refractivity contribution in [3.05, 3.63) is 53.6 Å². The Bertz CT molecular complexity index is 682. The van der Waals surface area contributed by atoms with E-state index in [0.29, 0.717) is 0 Å². The van der Waals surface area contributed by atoms with Crippen LogP contribution in [0.25, 0.3) is 0 Å². The van der Waals surface area contributed by atoms with Gasteiger partial charge in [0.15, 0.2) is 0 Å². The molecule has 3 rings (SSSR count). The second-order valence-electron chi connectivity index (χ2n) is 4.92. The molecule has 0 bridgehead atoms. The molecule has 0 fully saturated rings. The summed E-state index contributed by atoms with van der Waals surface area (Å²) in [5.74, 6) is -0.232. The largest absolute Gasteiger partial charge is 0.457 e. The van der Waals surface area contributed by atoms with E-state index in [1.807, 2.05) is 12.1 Å². The van der Waals surface area contributed by atoms with Crippen LogP contribution in [0.2, 0.25) is 0 Å². The van der Waals surface area contributed by atoms with Gasteiger partial charge >= 0.3 is 5.97 Å². The predicted molar refractivity (Wildman–Crippen MR) is 87.0 cm³/mol. The first-order valence-electron chi connectivity index (χ1n) is 6.78. The van der Waals surface area contributed by atoms with Gasteiger partial charge in [-0.1, -0.05) is 30.0 Å². The molecule has 2 aromatic carbocycles. The van der Waals surface area contributed by atoms with Gasteiger partial charge in [-0.3, -0.25) is 4.79 Å². The Morgan fingerprint density at radius 3 is 2.81 bits per heavy atom. The van der Waals surface area contributed by atoms with Gasteiger partial charge in [0, 0.05) is 33.6 Å². The molecule has 0 aromatic heterocycles. The molecule has 2 nitrogen and oxygen atoms in total. The van der Waals surface area contributed by atoms with Crippen LogP contribution in [0.15, 0.2) is 57.2 Å². The summed E-state index contributed by atoms with van der Waals surface area (Å²) in [4.78, 5) is 15.1. The molecule has 0 amide bonds. The van der Waals surface area contributed by atoms with E-state index in [1.54, 1.807) is 23.5 Å². The lowest BCUT2D eigenvalue weighted by atomic mass is 10.0. The monoisotopic (exact) mass is 316 g/mol. The van der Waals surface area contributed by atoms with Crippen LogP contribution in [0.1, 0.15) is 24.2 Å². The fraction of sp³-hybridized carbons (Fsp3) is 0.235. The van der Waals surface area contributed by atoms with Gasteiger partial charge in [-0.2, -0.15) is 0 Å². The van der Waals surface area contributed by atoms with E-state index in [9.17, 15) is 4.79 Å². The van der Waals surface area contributed by atoms with E-state index in [0.717, 1.165) is 12.0 Å². The van der Waals surface area contributed by atoms with Crippen molar-refractivity contribution >= 4 is 29.5 Å². The Morgan fingerprint density at radius 1 is 1.24 bits per heavy atom. The highest BCUT2D eigenvalue weighted by atomic mass is 32.2. The zero-order valence-corrected chi connectivity index (χ0v) is 13.6. The normalized spacial score (nSPS) is 16.6. The van der Waals surface area contributed by atoms with Crippen LogP contribution in [-0.2, 0) is 16.0 Å². The van der Waals surface area contributed by atoms with Gasteiger partial charge in [-0.15, -0.1) is 11.8 Å². The number of hydrogen-bond acceptors (Lipinski definition) is 4. The van der Waals surface area contributed by atoms with E-state index in [4.69, 9.17) is 4.74 Å². The van der Waals surface area contributed by atoms with Crippen molar-refractivity contribution in [1.82, 2.24) is 0 Å². The molecule has 0 saturated carbocycles. The third kappa shape index (κ3) is 3.11. The van der Waals surface area contributed by atoms with Crippen LogP contribution < -0.4 is 0 Å². The number of esters is 1. The molecule has 108 valence electrons. The Labute approximate surface area is 133 Å². The van der Waals surface area contributed by atoms with Gasteiger partial charge in [0.25, 0.3) is 0 Å². The average molecular weight is 316 g/mol. The molecule has 2 aromatic rings. The van der Waals surface area contributed by atoms with Crippen LogP contribution in [0, 0.1) is 0 Å². The third-order valence-corrected chi connectivity index (χ3v) is 5.41. The van der Waals surface area contributed by atoms with E-state index in [2.05, 4.69) is 36.6 Å². The molecule has 1 aliphatic heterocycles. The first-order valence-corrected chi connectivity index (χ1v) is 8.82. The number of carbonyl (C=O) groups excluding carboxylic acids is 1. The average Bonchev–Trinajstić information content (AvgIpc) is 2.62. The number of fused-ring (bicyclic) bond motifs is 2. The second kappa shape index (κ2) is 6.16. The highest BCUT2D eigenvalue weighted by Crippen LogP contribution is 2.43. The van der Waals surface area contributed by atoms with Crippen molar-refractivity contribution in [1.29, 1.82) is 0 Å². The first kappa shape index (κ1) is 14.5. The molecule has 0 aliphatic carbocycles. The summed E-state index contributed by atoms with van der Waals surface area (Å²) in [6, 6.07) is 14.7. The predicted octanol–water partition coefficient (Wildman–Crippen LogP) is 4.72. The summed E-state index contributed by atoms with van der Waals surface area (Å²) >= 11 is 3.46. The number of ether oxygens (including phenoxy) is 1. The van der Waals surface area contributed by atoms with Crippen molar-refractivity contribution in [2.24, 2.45) is 0 Å². The number of thioether (sulfide) groups is 1. The topological polar surface area (TPSA) is 26.3 Å².